The lowest BCUT2D eigenvalue weighted by Crippen LogP contribution is -2.21. The molecule has 0 aliphatic heterocycles. The van der Waals surface area contributed by atoms with E-state index in [1.807, 2.05) is 14.1 Å². The number of carbonyl (C=O) groups excluding carboxylic acids is 1. The van der Waals surface area contributed by atoms with Crippen LogP contribution < -0.4 is 4.74 Å². The maximum atomic E-state index is 11.6. The number of aryl methyl sites for hydroxylation is 1. The number of methoxy groups -OCH3 is 1. The SMILES string of the molecule is COc1ccc2c(c1)CCC(CCCC(=O)N(C)C)C2. The Bertz CT molecular complexity index is 468. The van der Waals surface area contributed by atoms with Gasteiger partial charge in [0.25, 0.3) is 0 Å². The maximum absolute atomic E-state index is 11.6. The van der Waals surface area contributed by atoms with Gasteiger partial charge >= 0.3 is 0 Å². The van der Waals surface area contributed by atoms with E-state index in [2.05, 4.69) is 18.2 Å². The Labute approximate surface area is 121 Å². The van der Waals surface area contributed by atoms with Crippen molar-refractivity contribution in [3.63, 3.8) is 0 Å². The zero-order valence-electron chi connectivity index (χ0n) is 12.8. The second-order valence-electron chi connectivity index (χ2n) is 5.92. The number of amides is 1. The standard InChI is InChI=1S/C17H25NO2/c1-18(2)17(19)6-4-5-13-7-8-15-12-16(20-3)10-9-14(15)11-13/h9-10,12-13H,4-8,11H2,1-3H3. The molecule has 20 heavy (non-hydrogen) atoms. The monoisotopic (exact) mass is 275 g/mol. The van der Waals surface area contributed by atoms with Crippen LogP contribution in [0.5, 0.6) is 5.75 Å². The third kappa shape index (κ3) is 3.75. The van der Waals surface area contributed by atoms with Gasteiger partial charge in [-0.15, -0.1) is 0 Å². The molecule has 1 amide bonds. The van der Waals surface area contributed by atoms with Crippen LogP contribution in [0.15, 0.2) is 18.2 Å². The van der Waals surface area contributed by atoms with Crippen LogP contribution in [0.4, 0.5) is 0 Å². The van der Waals surface area contributed by atoms with Crippen LogP contribution in [0.1, 0.15) is 36.8 Å². The average Bonchev–Trinajstić information content (AvgIpc) is 2.46. The summed E-state index contributed by atoms with van der Waals surface area (Å²) in [5, 5.41) is 0. The van der Waals surface area contributed by atoms with Gasteiger partial charge in [0.05, 0.1) is 7.11 Å². The highest BCUT2D eigenvalue weighted by molar-refractivity contribution is 5.75. The molecule has 1 aromatic rings. The Hall–Kier alpha value is -1.51. The van der Waals surface area contributed by atoms with Gasteiger partial charge in [0.1, 0.15) is 5.75 Å². The molecule has 0 N–H and O–H groups in total. The van der Waals surface area contributed by atoms with Crippen LogP contribution in [0.3, 0.4) is 0 Å². The Morgan fingerprint density at radius 1 is 1.35 bits per heavy atom. The Balaban J connectivity index is 1.84. The van der Waals surface area contributed by atoms with Gasteiger partial charge in [-0.3, -0.25) is 4.79 Å². The van der Waals surface area contributed by atoms with Gasteiger partial charge in [-0.25, -0.2) is 0 Å². The van der Waals surface area contributed by atoms with Crippen molar-refractivity contribution in [2.75, 3.05) is 21.2 Å². The van der Waals surface area contributed by atoms with Crippen molar-refractivity contribution in [3.05, 3.63) is 29.3 Å². The Kier molecular flexibility index (Phi) is 5.05. The van der Waals surface area contributed by atoms with E-state index in [1.54, 1.807) is 12.0 Å². The van der Waals surface area contributed by atoms with E-state index in [1.165, 1.54) is 17.5 Å². The van der Waals surface area contributed by atoms with E-state index in [9.17, 15) is 4.79 Å². The molecule has 1 aromatic carbocycles. The van der Waals surface area contributed by atoms with Crippen LogP contribution in [0.25, 0.3) is 0 Å². The summed E-state index contributed by atoms with van der Waals surface area (Å²) in [6, 6.07) is 6.42. The van der Waals surface area contributed by atoms with E-state index >= 15 is 0 Å². The van der Waals surface area contributed by atoms with Crippen LogP contribution >= 0.6 is 0 Å². The number of hydrogen-bond donors (Lipinski definition) is 0. The minimum atomic E-state index is 0.242. The summed E-state index contributed by atoms with van der Waals surface area (Å²) >= 11 is 0. The third-order valence-electron chi connectivity index (χ3n) is 4.25. The number of benzene rings is 1. The Morgan fingerprint density at radius 2 is 2.15 bits per heavy atom. The molecule has 2 rings (SSSR count). The predicted molar refractivity (Wildman–Crippen MR) is 81.1 cm³/mol. The fourth-order valence-corrected chi connectivity index (χ4v) is 2.95. The minimum absolute atomic E-state index is 0.242. The molecule has 1 atom stereocenters. The van der Waals surface area contributed by atoms with Gasteiger partial charge in [-0.2, -0.15) is 0 Å². The number of rotatable bonds is 5. The zero-order chi connectivity index (χ0) is 14.5. The van der Waals surface area contributed by atoms with Gasteiger partial charge in [0, 0.05) is 20.5 Å². The Morgan fingerprint density at radius 3 is 2.85 bits per heavy atom. The molecule has 0 bridgehead atoms. The minimum Gasteiger partial charge on any atom is -0.497 e. The predicted octanol–water partition coefficient (Wildman–Crippen LogP) is 3.06. The molecular formula is C17H25NO2. The molecule has 1 aliphatic rings. The fourth-order valence-electron chi connectivity index (χ4n) is 2.95. The van der Waals surface area contributed by atoms with Crippen LogP contribution in [-0.2, 0) is 17.6 Å². The lowest BCUT2D eigenvalue weighted by atomic mass is 9.81. The summed E-state index contributed by atoms with van der Waals surface area (Å²) in [4.78, 5) is 13.2. The lowest BCUT2D eigenvalue weighted by Gasteiger charge is -2.25. The van der Waals surface area contributed by atoms with Gasteiger partial charge in [-0.05, 0) is 61.3 Å². The van der Waals surface area contributed by atoms with Gasteiger partial charge in [-0.1, -0.05) is 6.07 Å². The average molecular weight is 275 g/mol. The largest absolute Gasteiger partial charge is 0.497 e. The van der Waals surface area contributed by atoms with Crippen molar-refractivity contribution in [1.29, 1.82) is 0 Å². The van der Waals surface area contributed by atoms with E-state index in [0.717, 1.165) is 37.4 Å². The summed E-state index contributed by atoms with van der Waals surface area (Å²) in [6.07, 6.45) is 6.36. The number of fused-ring (bicyclic) bond motifs is 1. The molecule has 0 heterocycles. The molecule has 1 unspecified atom stereocenters. The van der Waals surface area contributed by atoms with Crippen LogP contribution in [0, 0.1) is 5.92 Å². The third-order valence-corrected chi connectivity index (χ3v) is 4.25. The molecule has 3 heteroatoms. The van der Waals surface area contributed by atoms with Gasteiger partial charge in [0.2, 0.25) is 5.91 Å². The van der Waals surface area contributed by atoms with Crippen molar-refractivity contribution >= 4 is 5.91 Å². The summed E-state index contributed by atoms with van der Waals surface area (Å²) in [5.74, 6) is 1.93. The molecule has 0 saturated heterocycles. The van der Waals surface area contributed by atoms with Crippen molar-refractivity contribution in [1.82, 2.24) is 4.90 Å². The molecule has 3 nitrogen and oxygen atoms in total. The number of nitrogens with zero attached hydrogens (tertiary/aromatic N) is 1. The molecule has 0 aromatic heterocycles. The highest BCUT2D eigenvalue weighted by Gasteiger charge is 2.19. The molecule has 0 radical (unpaired) electrons. The number of ether oxygens (including phenoxy) is 1. The van der Waals surface area contributed by atoms with Crippen molar-refractivity contribution in [2.24, 2.45) is 5.92 Å². The zero-order valence-corrected chi connectivity index (χ0v) is 12.8. The first-order valence-electron chi connectivity index (χ1n) is 7.46. The smallest absolute Gasteiger partial charge is 0.222 e. The van der Waals surface area contributed by atoms with Gasteiger partial charge < -0.3 is 9.64 Å². The molecule has 0 spiro atoms. The van der Waals surface area contributed by atoms with Crippen LogP contribution in [-0.4, -0.2) is 32.0 Å². The topological polar surface area (TPSA) is 29.5 Å². The first-order chi connectivity index (χ1) is 9.60. The van der Waals surface area contributed by atoms with Crippen molar-refractivity contribution < 1.29 is 9.53 Å². The second kappa shape index (κ2) is 6.78. The maximum Gasteiger partial charge on any atom is 0.222 e. The van der Waals surface area contributed by atoms with Gasteiger partial charge in [0.15, 0.2) is 0 Å². The summed E-state index contributed by atoms with van der Waals surface area (Å²) < 4.78 is 5.28. The lowest BCUT2D eigenvalue weighted by molar-refractivity contribution is -0.128. The molecule has 1 aliphatic carbocycles. The summed E-state index contributed by atoms with van der Waals surface area (Å²) in [5.41, 5.74) is 2.89. The number of hydrogen-bond acceptors (Lipinski definition) is 2. The quantitative estimate of drug-likeness (QED) is 0.826. The number of carbonyl (C=O) groups is 1. The van der Waals surface area contributed by atoms with Crippen molar-refractivity contribution in [2.45, 2.75) is 38.5 Å². The molecular weight excluding hydrogens is 250 g/mol. The van der Waals surface area contributed by atoms with E-state index < -0.39 is 0 Å². The highest BCUT2D eigenvalue weighted by Crippen LogP contribution is 2.31. The van der Waals surface area contributed by atoms with Crippen molar-refractivity contribution in [3.8, 4) is 5.75 Å². The van der Waals surface area contributed by atoms with E-state index in [-0.39, 0.29) is 5.91 Å². The highest BCUT2D eigenvalue weighted by atomic mass is 16.5. The fraction of sp³-hybridized carbons (Fsp3) is 0.588. The molecule has 0 fully saturated rings. The molecule has 0 saturated carbocycles. The summed E-state index contributed by atoms with van der Waals surface area (Å²) in [7, 11) is 5.37. The summed E-state index contributed by atoms with van der Waals surface area (Å²) in [6.45, 7) is 0. The molecule has 110 valence electrons. The van der Waals surface area contributed by atoms with E-state index in [4.69, 9.17) is 4.74 Å². The normalized spacial score (nSPS) is 17.4. The second-order valence-corrected chi connectivity index (χ2v) is 5.92. The van der Waals surface area contributed by atoms with Crippen LogP contribution in [0.2, 0.25) is 0 Å². The first-order valence-corrected chi connectivity index (χ1v) is 7.46. The van der Waals surface area contributed by atoms with E-state index in [0.29, 0.717) is 6.42 Å². The first kappa shape index (κ1) is 14.9.